The topological polar surface area (TPSA) is 106 Å². The van der Waals surface area contributed by atoms with E-state index >= 15 is 0 Å². The van der Waals surface area contributed by atoms with Crippen LogP contribution in [0.25, 0.3) is 28.1 Å². The number of carbonyl (C=O) groups is 1. The molecule has 216 valence electrons. The zero-order chi connectivity index (χ0) is 27.9. The first-order valence-electron chi connectivity index (χ1n) is 15.1. The Kier molecular flexibility index (Phi) is 7.18. The predicted octanol–water partition coefficient (Wildman–Crippen LogP) is 2.90. The number of carbonyl (C=O) groups excluding carboxylic acids is 1. The number of ether oxygens (including phenoxy) is 1. The smallest absolute Gasteiger partial charge is 0.238 e. The highest BCUT2D eigenvalue weighted by molar-refractivity contribution is 5.81. The van der Waals surface area contributed by atoms with Gasteiger partial charge in [0.2, 0.25) is 11.9 Å². The molecule has 1 atom stereocenters. The number of hydrogen-bond donors (Lipinski definition) is 1. The van der Waals surface area contributed by atoms with E-state index in [-0.39, 0.29) is 12.0 Å². The number of hydrogen-bond acceptors (Lipinski definition) is 8. The van der Waals surface area contributed by atoms with Crippen molar-refractivity contribution in [1.29, 1.82) is 0 Å². The van der Waals surface area contributed by atoms with Crippen LogP contribution in [0.15, 0.2) is 24.3 Å². The molecular weight excluding hydrogens is 518 g/mol. The average Bonchev–Trinajstić information content (AvgIpc) is 3.55. The molecule has 0 radical (unpaired) electrons. The normalized spacial score (nSPS) is 21.4. The molecule has 1 amide bonds. The summed E-state index contributed by atoms with van der Waals surface area (Å²) in [7, 11) is 1.99. The van der Waals surface area contributed by atoms with E-state index in [0.29, 0.717) is 38.2 Å². The van der Waals surface area contributed by atoms with Crippen LogP contribution < -0.4 is 5.32 Å². The van der Waals surface area contributed by atoms with Gasteiger partial charge in [-0.1, -0.05) is 38.3 Å². The van der Waals surface area contributed by atoms with Crippen LogP contribution in [0.2, 0.25) is 0 Å². The molecule has 41 heavy (non-hydrogen) atoms. The maximum absolute atomic E-state index is 13.3. The third kappa shape index (κ3) is 4.89. The molecule has 4 aromatic rings. The van der Waals surface area contributed by atoms with Crippen LogP contribution in [0.3, 0.4) is 0 Å². The summed E-state index contributed by atoms with van der Waals surface area (Å²) < 4.78 is 10.2. The number of fused-ring (bicyclic) bond motifs is 2. The summed E-state index contributed by atoms with van der Waals surface area (Å²) in [4.78, 5) is 37.7. The van der Waals surface area contributed by atoms with Crippen molar-refractivity contribution in [3.63, 3.8) is 0 Å². The van der Waals surface area contributed by atoms with Gasteiger partial charge in [0, 0.05) is 45.7 Å². The van der Waals surface area contributed by atoms with Gasteiger partial charge in [0.25, 0.3) is 0 Å². The molecule has 0 bridgehead atoms. The van der Waals surface area contributed by atoms with Crippen molar-refractivity contribution in [3.05, 3.63) is 41.6 Å². The number of nitrogens with one attached hydrogen (secondary N) is 1. The zero-order valence-electron chi connectivity index (χ0n) is 24.1. The molecular formula is C30H39N9O2. The third-order valence-corrected chi connectivity index (χ3v) is 8.98. The molecule has 3 fully saturated rings. The van der Waals surface area contributed by atoms with E-state index in [1.807, 2.05) is 34.7 Å². The molecule has 1 N–H and O–H groups in total. The lowest BCUT2D eigenvalue weighted by Gasteiger charge is -2.40. The molecule has 2 saturated heterocycles. The standard InChI is InChI=1S/C30H39N9O2/c1-3-24-32-21-11-7-8-12-22(21)39(24)30-34-27(23-17-31-13-16-41-23)28-29(35-30)36(2)25(33-28)18-38-15-14-37(19-26(38)40)20-9-5-4-6-10-20/h7-8,11-12,20,23,31H,3-6,9-10,13-19H2,1-2H3. The minimum Gasteiger partial charge on any atom is -0.369 e. The lowest BCUT2D eigenvalue weighted by atomic mass is 9.94. The maximum atomic E-state index is 13.3. The molecule has 1 aromatic carbocycles. The Balaban J connectivity index is 1.25. The first-order chi connectivity index (χ1) is 20.1. The second-order valence-corrected chi connectivity index (χ2v) is 11.5. The van der Waals surface area contributed by atoms with Crippen LogP contribution in [0.4, 0.5) is 0 Å². The van der Waals surface area contributed by atoms with E-state index in [0.717, 1.165) is 65.6 Å². The number of amides is 1. The minimum atomic E-state index is -0.240. The molecule has 1 unspecified atom stereocenters. The summed E-state index contributed by atoms with van der Waals surface area (Å²) in [5.74, 6) is 2.46. The Bertz CT molecular complexity index is 1570. The van der Waals surface area contributed by atoms with Crippen molar-refractivity contribution < 1.29 is 9.53 Å². The highest BCUT2D eigenvalue weighted by atomic mass is 16.5. The number of imidazole rings is 2. The number of rotatable bonds is 6. The average molecular weight is 558 g/mol. The lowest BCUT2D eigenvalue weighted by molar-refractivity contribution is -0.138. The Hall–Kier alpha value is -3.41. The number of piperazine rings is 1. The van der Waals surface area contributed by atoms with Crippen molar-refractivity contribution in [1.82, 2.24) is 44.2 Å². The van der Waals surface area contributed by atoms with Crippen LogP contribution in [-0.2, 0) is 29.5 Å². The summed E-state index contributed by atoms with van der Waals surface area (Å²) >= 11 is 0. The summed E-state index contributed by atoms with van der Waals surface area (Å²) in [6, 6.07) is 8.64. The van der Waals surface area contributed by atoms with E-state index in [2.05, 4.69) is 27.8 Å². The van der Waals surface area contributed by atoms with Crippen molar-refractivity contribution in [2.24, 2.45) is 7.05 Å². The molecule has 0 spiro atoms. The molecule has 11 heteroatoms. The van der Waals surface area contributed by atoms with Gasteiger partial charge < -0.3 is 19.5 Å². The number of nitrogens with zero attached hydrogens (tertiary/aromatic N) is 8. The minimum absolute atomic E-state index is 0.179. The van der Waals surface area contributed by atoms with Gasteiger partial charge in [0.05, 0.1) is 30.7 Å². The van der Waals surface area contributed by atoms with Gasteiger partial charge >= 0.3 is 0 Å². The fraction of sp³-hybridized carbons (Fsp3) is 0.567. The molecule has 11 nitrogen and oxygen atoms in total. The van der Waals surface area contributed by atoms with Crippen molar-refractivity contribution in [2.45, 2.75) is 64.1 Å². The van der Waals surface area contributed by atoms with E-state index < -0.39 is 0 Å². The fourth-order valence-electron chi connectivity index (χ4n) is 6.68. The van der Waals surface area contributed by atoms with Gasteiger partial charge in [-0.3, -0.25) is 14.3 Å². The molecule has 3 aromatic heterocycles. The van der Waals surface area contributed by atoms with Crippen molar-refractivity contribution in [3.8, 4) is 5.95 Å². The highest BCUT2D eigenvalue weighted by Crippen LogP contribution is 2.29. The van der Waals surface area contributed by atoms with E-state index in [4.69, 9.17) is 24.7 Å². The number of para-hydroxylation sites is 2. The Labute approximate surface area is 239 Å². The third-order valence-electron chi connectivity index (χ3n) is 8.98. The second kappa shape index (κ2) is 11.1. The zero-order valence-corrected chi connectivity index (χ0v) is 24.1. The number of aryl methyl sites for hydroxylation is 2. The first kappa shape index (κ1) is 26.5. The molecule has 1 saturated carbocycles. The van der Waals surface area contributed by atoms with Crippen LogP contribution in [0.1, 0.15) is 62.5 Å². The second-order valence-electron chi connectivity index (χ2n) is 11.5. The quantitative estimate of drug-likeness (QED) is 0.386. The SMILES string of the molecule is CCc1nc2ccccc2n1-c1nc(C2CNCCO2)c2nc(CN3CCN(C4CCCCC4)CC3=O)n(C)c2n1. The molecule has 1 aliphatic carbocycles. The van der Waals surface area contributed by atoms with Gasteiger partial charge in [0.1, 0.15) is 29.0 Å². The predicted molar refractivity (Wildman–Crippen MR) is 156 cm³/mol. The molecule has 2 aliphatic heterocycles. The Morgan fingerprint density at radius 3 is 2.66 bits per heavy atom. The van der Waals surface area contributed by atoms with Gasteiger partial charge in [-0.05, 0) is 25.0 Å². The van der Waals surface area contributed by atoms with Gasteiger partial charge in [-0.2, -0.15) is 4.98 Å². The van der Waals surface area contributed by atoms with E-state index in [9.17, 15) is 4.79 Å². The van der Waals surface area contributed by atoms with Gasteiger partial charge in [0.15, 0.2) is 5.65 Å². The number of aromatic nitrogens is 6. The number of benzene rings is 1. The first-order valence-corrected chi connectivity index (χ1v) is 15.1. The van der Waals surface area contributed by atoms with Crippen molar-refractivity contribution >= 4 is 28.1 Å². The lowest BCUT2D eigenvalue weighted by Crippen LogP contribution is -2.53. The largest absolute Gasteiger partial charge is 0.369 e. The van der Waals surface area contributed by atoms with Gasteiger partial charge in [-0.25, -0.2) is 15.0 Å². The van der Waals surface area contributed by atoms with E-state index in [1.54, 1.807) is 0 Å². The Morgan fingerprint density at radius 1 is 1.02 bits per heavy atom. The maximum Gasteiger partial charge on any atom is 0.238 e. The van der Waals surface area contributed by atoms with E-state index in [1.165, 1.54) is 32.1 Å². The van der Waals surface area contributed by atoms with Crippen molar-refractivity contribution in [2.75, 3.05) is 39.3 Å². The van der Waals surface area contributed by atoms with Gasteiger partial charge in [-0.15, -0.1) is 0 Å². The highest BCUT2D eigenvalue weighted by Gasteiger charge is 2.31. The summed E-state index contributed by atoms with van der Waals surface area (Å²) in [5.41, 5.74) is 4.13. The number of morpholine rings is 1. The monoisotopic (exact) mass is 557 g/mol. The summed E-state index contributed by atoms with van der Waals surface area (Å²) in [5, 5.41) is 3.43. The molecule has 5 heterocycles. The van der Waals surface area contributed by atoms with Crippen LogP contribution in [0.5, 0.6) is 0 Å². The summed E-state index contributed by atoms with van der Waals surface area (Å²) in [6.45, 7) is 6.77. The molecule has 7 rings (SSSR count). The Morgan fingerprint density at radius 2 is 1.88 bits per heavy atom. The fourth-order valence-corrected chi connectivity index (χ4v) is 6.68. The van der Waals surface area contributed by atoms with Crippen LogP contribution in [0, 0.1) is 0 Å². The van der Waals surface area contributed by atoms with Crippen LogP contribution in [-0.4, -0.2) is 90.1 Å². The summed E-state index contributed by atoms with van der Waals surface area (Å²) in [6.07, 6.45) is 6.81. The molecule has 3 aliphatic rings. The van der Waals surface area contributed by atoms with Crippen LogP contribution >= 0.6 is 0 Å².